The minimum atomic E-state index is -1.54. The fourth-order valence-electron chi connectivity index (χ4n) is 2.00. The van der Waals surface area contributed by atoms with Crippen LogP contribution in [-0.4, -0.2) is 41.8 Å². The Labute approximate surface area is 162 Å². The molecular formula is C19H23ClN2O5. The zero-order valence-electron chi connectivity index (χ0n) is 14.8. The van der Waals surface area contributed by atoms with Crippen LogP contribution in [0.3, 0.4) is 0 Å². The van der Waals surface area contributed by atoms with E-state index >= 15 is 0 Å². The summed E-state index contributed by atoms with van der Waals surface area (Å²) in [5.41, 5.74) is 6.82. The third-order valence-electron chi connectivity index (χ3n) is 3.43. The normalized spacial score (nSPS) is 12.3. The van der Waals surface area contributed by atoms with Gasteiger partial charge in [0.05, 0.1) is 6.61 Å². The molecule has 0 heterocycles. The van der Waals surface area contributed by atoms with Crippen molar-refractivity contribution in [1.29, 1.82) is 0 Å². The molecule has 0 bridgehead atoms. The molecule has 2 unspecified atom stereocenters. The lowest BCUT2D eigenvalue weighted by atomic mass is 10.1. The first-order chi connectivity index (χ1) is 12.9. The Morgan fingerprint density at radius 1 is 1.15 bits per heavy atom. The highest BCUT2D eigenvalue weighted by molar-refractivity contribution is 6.31. The van der Waals surface area contributed by atoms with Crippen LogP contribution in [0, 0.1) is 0 Å². The molecule has 8 heteroatoms. The second-order valence-corrected chi connectivity index (χ2v) is 5.93. The van der Waals surface area contributed by atoms with Gasteiger partial charge >= 0.3 is 5.97 Å². The number of hydrogen-bond acceptors (Lipinski definition) is 5. The third-order valence-corrected chi connectivity index (χ3v) is 3.77. The Bertz CT molecular complexity index is 727. The summed E-state index contributed by atoms with van der Waals surface area (Å²) in [7, 11) is 1.52. The topological polar surface area (TPSA) is 122 Å². The van der Waals surface area contributed by atoms with Crippen LogP contribution in [0.4, 0.5) is 0 Å². The molecule has 2 atom stereocenters. The number of carbonyl (C=O) groups excluding carboxylic acids is 1. The lowest BCUT2D eigenvalue weighted by Gasteiger charge is -2.10. The van der Waals surface area contributed by atoms with Crippen LogP contribution >= 0.6 is 11.6 Å². The quantitative estimate of drug-likeness (QED) is 0.567. The number of aliphatic carboxylic acids is 1. The molecule has 0 fully saturated rings. The van der Waals surface area contributed by atoms with Crippen molar-refractivity contribution in [1.82, 2.24) is 5.32 Å². The lowest BCUT2D eigenvalue weighted by Crippen LogP contribution is -2.43. The van der Waals surface area contributed by atoms with Gasteiger partial charge in [-0.25, -0.2) is 4.79 Å². The maximum Gasteiger partial charge on any atom is 0.337 e. The van der Waals surface area contributed by atoms with Crippen molar-refractivity contribution >= 4 is 23.5 Å². The number of hydrogen-bond donors (Lipinski definition) is 4. The first-order valence-electron chi connectivity index (χ1n) is 8.08. The first kappa shape index (κ1) is 22.6. The van der Waals surface area contributed by atoms with Crippen LogP contribution in [0.1, 0.15) is 17.2 Å². The van der Waals surface area contributed by atoms with Crippen LogP contribution in [0.25, 0.3) is 0 Å². The molecule has 2 aromatic carbocycles. The summed E-state index contributed by atoms with van der Waals surface area (Å²) in [4.78, 5) is 21.7. The van der Waals surface area contributed by atoms with Crippen molar-refractivity contribution in [2.45, 2.75) is 18.7 Å². The van der Waals surface area contributed by atoms with E-state index in [1.54, 1.807) is 12.1 Å². The molecule has 5 N–H and O–H groups in total. The van der Waals surface area contributed by atoms with E-state index in [1.165, 1.54) is 19.2 Å². The molecule has 7 nitrogen and oxygen atoms in total. The van der Waals surface area contributed by atoms with Gasteiger partial charge in [-0.05, 0) is 11.6 Å². The number of carboxylic acids is 1. The predicted octanol–water partition coefficient (Wildman–Crippen LogP) is 1.73. The number of nitrogens with one attached hydrogen (secondary N) is 1. The van der Waals surface area contributed by atoms with Gasteiger partial charge in [0.25, 0.3) is 0 Å². The van der Waals surface area contributed by atoms with Crippen molar-refractivity contribution in [3.63, 3.8) is 0 Å². The van der Waals surface area contributed by atoms with E-state index in [4.69, 9.17) is 32.3 Å². The Hall–Kier alpha value is -2.45. The van der Waals surface area contributed by atoms with Gasteiger partial charge in [-0.3, -0.25) is 4.79 Å². The summed E-state index contributed by atoms with van der Waals surface area (Å²) in [5.74, 6) is -1.50. The largest absolute Gasteiger partial charge is 0.479 e. The number of rotatable bonds is 7. The minimum absolute atomic E-state index is 0.194. The highest BCUT2D eigenvalue weighted by atomic mass is 35.5. The van der Waals surface area contributed by atoms with Crippen molar-refractivity contribution in [3.8, 4) is 0 Å². The van der Waals surface area contributed by atoms with E-state index in [1.807, 2.05) is 30.3 Å². The van der Waals surface area contributed by atoms with Gasteiger partial charge in [0.2, 0.25) is 5.91 Å². The molecule has 146 valence electrons. The standard InChI is InChI=1S/C11H16N2O2.C8H7ClO3/c1-15-8-10(12)11(14)13-7-9-5-3-2-4-6-9;9-6-4-2-1-3-5(6)7(10)8(11)12/h2-6,10H,7-8,12H2,1H3,(H,13,14);1-4,7,10H,(H,11,12). The predicted molar refractivity (Wildman–Crippen MR) is 102 cm³/mol. The van der Waals surface area contributed by atoms with Crippen LogP contribution in [0.15, 0.2) is 54.6 Å². The highest BCUT2D eigenvalue weighted by Crippen LogP contribution is 2.22. The van der Waals surface area contributed by atoms with Gasteiger partial charge in [0.15, 0.2) is 6.10 Å². The maximum absolute atomic E-state index is 11.4. The van der Waals surface area contributed by atoms with Gasteiger partial charge in [-0.2, -0.15) is 0 Å². The van der Waals surface area contributed by atoms with Crippen molar-refractivity contribution in [2.75, 3.05) is 13.7 Å². The van der Waals surface area contributed by atoms with Gasteiger partial charge in [-0.1, -0.05) is 60.1 Å². The number of methoxy groups -OCH3 is 1. The fourth-order valence-corrected chi connectivity index (χ4v) is 2.24. The molecule has 0 aliphatic heterocycles. The zero-order chi connectivity index (χ0) is 20.2. The fraction of sp³-hybridized carbons (Fsp3) is 0.263. The smallest absolute Gasteiger partial charge is 0.337 e. The number of nitrogens with two attached hydrogens (primary N) is 1. The van der Waals surface area contributed by atoms with Crippen LogP contribution in [0.2, 0.25) is 5.02 Å². The molecular weight excluding hydrogens is 372 g/mol. The zero-order valence-corrected chi connectivity index (χ0v) is 15.6. The number of ether oxygens (including phenoxy) is 1. The molecule has 0 radical (unpaired) electrons. The molecule has 0 saturated heterocycles. The van der Waals surface area contributed by atoms with E-state index < -0.39 is 18.1 Å². The monoisotopic (exact) mass is 394 g/mol. The number of amides is 1. The van der Waals surface area contributed by atoms with Gasteiger partial charge in [0.1, 0.15) is 6.04 Å². The molecule has 2 rings (SSSR count). The molecule has 27 heavy (non-hydrogen) atoms. The summed E-state index contributed by atoms with van der Waals surface area (Å²) in [6.07, 6.45) is -1.54. The number of benzene rings is 2. The maximum atomic E-state index is 11.4. The summed E-state index contributed by atoms with van der Waals surface area (Å²) in [6.45, 7) is 0.734. The lowest BCUT2D eigenvalue weighted by molar-refractivity contribution is -0.147. The average molecular weight is 395 g/mol. The van der Waals surface area contributed by atoms with Crippen molar-refractivity contribution in [3.05, 3.63) is 70.7 Å². The second kappa shape index (κ2) is 12.0. The highest BCUT2D eigenvalue weighted by Gasteiger charge is 2.17. The Kier molecular flexibility index (Phi) is 10.1. The van der Waals surface area contributed by atoms with Gasteiger partial charge < -0.3 is 26.0 Å². The number of carbonyl (C=O) groups is 2. The summed E-state index contributed by atoms with van der Waals surface area (Å²) in [5, 5.41) is 20.5. The van der Waals surface area contributed by atoms with E-state index in [-0.39, 0.29) is 23.1 Å². The summed E-state index contributed by atoms with van der Waals surface area (Å²) < 4.78 is 4.79. The number of aliphatic hydroxyl groups excluding tert-OH is 1. The first-order valence-corrected chi connectivity index (χ1v) is 8.46. The SMILES string of the molecule is COCC(N)C(=O)NCc1ccccc1.O=C(O)C(O)c1ccccc1Cl. The van der Waals surface area contributed by atoms with E-state index in [2.05, 4.69) is 5.32 Å². The Morgan fingerprint density at radius 3 is 2.30 bits per heavy atom. The summed E-state index contributed by atoms with van der Waals surface area (Å²) >= 11 is 5.64. The Balaban J connectivity index is 0.000000277. The molecule has 0 aliphatic carbocycles. The van der Waals surface area contributed by atoms with E-state index in [9.17, 15) is 9.59 Å². The van der Waals surface area contributed by atoms with Crippen LogP contribution in [-0.2, 0) is 20.9 Å². The minimum Gasteiger partial charge on any atom is -0.479 e. The average Bonchev–Trinajstić information content (AvgIpc) is 2.67. The number of carboxylic acid groups (broad SMARTS) is 1. The van der Waals surface area contributed by atoms with Crippen molar-refractivity contribution in [2.24, 2.45) is 5.73 Å². The van der Waals surface area contributed by atoms with Crippen LogP contribution < -0.4 is 11.1 Å². The molecule has 0 aliphatic rings. The third kappa shape index (κ3) is 8.19. The van der Waals surface area contributed by atoms with Gasteiger partial charge in [-0.15, -0.1) is 0 Å². The Morgan fingerprint density at radius 2 is 1.74 bits per heavy atom. The number of aliphatic hydroxyl groups is 1. The number of halogens is 1. The van der Waals surface area contributed by atoms with Crippen LogP contribution in [0.5, 0.6) is 0 Å². The molecule has 1 amide bonds. The van der Waals surface area contributed by atoms with E-state index in [0.29, 0.717) is 6.54 Å². The van der Waals surface area contributed by atoms with Crippen molar-refractivity contribution < 1.29 is 24.5 Å². The summed E-state index contributed by atoms with van der Waals surface area (Å²) in [6, 6.07) is 15.4. The molecule has 0 spiro atoms. The molecule has 0 saturated carbocycles. The molecule has 2 aromatic rings. The second-order valence-electron chi connectivity index (χ2n) is 5.53. The van der Waals surface area contributed by atoms with Gasteiger partial charge in [0, 0.05) is 24.2 Å². The molecule has 0 aromatic heterocycles. The van der Waals surface area contributed by atoms with E-state index in [0.717, 1.165) is 5.56 Å².